The summed E-state index contributed by atoms with van der Waals surface area (Å²) in [5.74, 6) is 1.39. The highest BCUT2D eigenvalue weighted by Gasteiger charge is 2.21. The second kappa shape index (κ2) is 11.0. The van der Waals surface area contributed by atoms with Gasteiger partial charge in [-0.25, -0.2) is 14.7 Å². The Morgan fingerprint density at radius 3 is 2.53 bits per heavy atom. The van der Waals surface area contributed by atoms with Gasteiger partial charge < -0.3 is 20.1 Å². The molecule has 0 fully saturated rings. The minimum Gasteiger partial charge on any atom is -0.497 e. The molecule has 1 aromatic heterocycles. The molecule has 10 heteroatoms. The Hall–Kier alpha value is -3.07. The minimum absolute atomic E-state index is 0.0219. The number of amides is 2. The molecule has 0 saturated heterocycles. The van der Waals surface area contributed by atoms with Crippen molar-refractivity contribution in [2.75, 3.05) is 36.4 Å². The van der Waals surface area contributed by atoms with Crippen LogP contribution in [0.15, 0.2) is 54.7 Å². The average Bonchev–Trinajstić information content (AvgIpc) is 2.77. The lowest BCUT2D eigenvalue weighted by molar-refractivity contribution is 0.190. The van der Waals surface area contributed by atoms with Crippen LogP contribution in [0.4, 0.5) is 27.9 Å². The Kier molecular flexibility index (Phi) is 8.10. The number of urea groups is 1. The molecule has 1 atom stereocenters. The van der Waals surface area contributed by atoms with Crippen molar-refractivity contribution in [2.45, 2.75) is 13.0 Å². The van der Waals surface area contributed by atoms with Crippen molar-refractivity contribution in [3.8, 4) is 5.75 Å². The number of anilines is 4. The lowest BCUT2D eigenvalue weighted by atomic mass is 10.2. The van der Waals surface area contributed by atoms with Crippen molar-refractivity contribution in [1.29, 1.82) is 0 Å². The van der Waals surface area contributed by atoms with Crippen LogP contribution in [0.25, 0.3) is 0 Å². The zero-order valence-electron chi connectivity index (χ0n) is 17.8. The third-order valence-electron chi connectivity index (χ3n) is 4.37. The second-order valence-electron chi connectivity index (χ2n) is 6.83. The van der Waals surface area contributed by atoms with Gasteiger partial charge in [0.15, 0.2) is 0 Å². The lowest BCUT2D eigenvalue weighted by Gasteiger charge is -2.23. The SMILES string of the molecule is COC[C@H](C)Nc1nccc(N(C(=O)Nc2ccc(Cl)cc2Cl)c2ccc(OC)cc2)n1. The van der Waals surface area contributed by atoms with Crippen LogP contribution >= 0.6 is 23.2 Å². The van der Waals surface area contributed by atoms with Crippen LogP contribution in [-0.2, 0) is 4.74 Å². The molecule has 0 spiro atoms. The highest BCUT2D eigenvalue weighted by molar-refractivity contribution is 6.36. The van der Waals surface area contributed by atoms with Crippen molar-refractivity contribution in [2.24, 2.45) is 0 Å². The highest BCUT2D eigenvalue weighted by Crippen LogP contribution is 2.30. The van der Waals surface area contributed by atoms with Crippen LogP contribution in [0.3, 0.4) is 0 Å². The number of aromatic nitrogens is 2. The van der Waals surface area contributed by atoms with Crippen LogP contribution in [0, 0.1) is 0 Å². The summed E-state index contributed by atoms with van der Waals surface area (Å²) in [6.07, 6.45) is 1.57. The third-order valence-corrected chi connectivity index (χ3v) is 4.92. The fourth-order valence-electron chi connectivity index (χ4n) is 2.90. The van der Waals surface area contributed by atoms with E-state index in [4.69, 9.17) is 32.7 Å². The number of hydrogen-bond donors (Lipinski definition) is 2. The van der Waals surface area contributed by atoms with Gasteiger partial charge in [0.05, 0.1) is 30.1 Å². The summed E-state index contributed by atoms with van der Waals surface area (Å²) in [6, 6.07) is 13.0. The van der Waals surface area contributed by atoms with E-state index in [2.05, 4.69) is 20.6 Å². The van der Waals surface area contributed by atoms with Gasteiger partial charge in [0.25, 0.3) is 0 Å². The first-order valence-electron chi connectivity index (χ1n) is 9.70. The minimum atomic E-state index is -0.464. The Balaban J connectivity index is 1.96. The van der Waals surface area contributed by atoms with E-state index in [0.717, 1.165) is 0 Å². The highest BCUT2D eigenvalue weighted by atomic mass is 35.5. The number of halogens is 2. The number of ether oxygens (including phenoxy) is 2. The molecule has 2 amide bonds. The molecule has 168 valence electrons. The fraction of sp³-hybridized carbons (Fsp3) is 0.227. The molecular formula is C22H23Cl2N5O3. The Bertz CT molecular complexity index is 1070. The van der Waals surface area contributed by atoms with E-state index in [0.29, 0.717) is 45.5 Å². The van der Waals surface area contributed by atoms with Crippen LogP contribution < -0.4 is 20.3 Å². The van der Waals surface area contributed by atoms with Crippen LogP contribution in [-0.4, -0.2) is 42.9 Å². The number of methoxy groups -OCH3 is 2. The normalized spacial score (nSPS) is 11.5. The predicted molar refractivity (Wildman–Crippen MR) is 128 cm³/mol. The largest absolute Gasteiger partial charge is 0.497 e. The van der Waals surface area contributed by atoms with Gasteiger partial charge in [0, 0.05) is 30.4 Å². The first-order chi connectivity index (χ1) is 15.4. The number of benzene rings is 2. The molecule has 1 heterocycles. The number of carbonyl (C=O) groups excluding carboxylic acids is 1. The van der Waals surface area contributed by atoms with Crippen molar-refractivity contribution in [3.05, 3.63) is 64.8 Å². The molecule has 0 radical (unpaired) electrons. The van der Waals surface area contributed by atoms with Gasteiger partial charge in [-0.1, -0.05) is 23.2 Å². The quantitative estimate of drug-likeness (QED) is 0.440. The number of carbonyl (C=O) groups is 1. The Morgan fingerprint density at radius 1 is 1.12 bits per heavy atom. The van der Waals surface area contributed by atoms with Crippen molar-refractivity contribution in [1.82, 2.24) is 9.97 Å². The number of nitrogens with zero attached hydrogens (tertiary/aromatic N) is 3. The average molecular weight is 476 g/mol. The monoisotopic (exact) mass is 475 g/mol. The Labute approximate surface area is 196 Å². The first-order valence-corrected chi connectivity index (χ1v) is 10.5. The molecule has 32 heavy (non-hydrogen) atoms. The van der Waals surface area contributed by atoms with Gasteiger partial charge in [-0.3, -0.25) is 0 Å². The molecule has 3 rings (SSSR count). The molecule has 0 aliphatic carbocycles. The maximum atomic E-state index is 13.3. The van der Waals surface area contributed by atoms with Gasteiger partial charge in [-0.2, -0.15) is 4.98 Å². The number of hydrogen-bond acceptors (Lipinski definition) is 6. The standard InChI is InChI=1S/C22H23Cl2N5O3/c1-14(13-31-2)26-21-25-11-10-20(28-21)29(16-5-7-17(32-3)8-6-16)22(30)27-19-9-4-15(23)12-18(19)24/h4-12,14H,13H2,1-3H3,(H,27,30)(H,25,26,28)/t14-/m0/s1. The molecule has 8 nitrogen and oxygen atoms in total. The first kappa shape index (κ1) is 23.6. The number of nitrogens with one attached hydrogen (secondary N) is 2. The zero-order chi connectivity index (χ0) is 23.1. The molecule has 2 aromatic carbocycles. The van der Waals surface area contributed by atoms with Gasteiger partial charge >= 0.3 is 6.03 Å². The van der Waals surface area contributed by atoms with E-state index in [1.54, 1.807) is 68.9 Å². The molecule has 0 unspecified atom stereocenters. The third kappa shape index (κ3) is 6.00. The molecule has 0 aliphatic heterocycles. The summed E-state index contributed by atoms with van der Waals surface area (Å²) in [6.45, 7) is 2.42. The molecular weight excluding hydrogens is 453 g/mol. The molecule has 0 saturated carbocycles. The predicted octanol–water partition coefficient (Wildman–Crippen LogP) is 5.61. The van der Waals surface area contributed by atoms with Crippen LogP contribution in [0.1, 0.15) is 6.92 Å². The van der Waals surface area contributed by atoms with E-state index in [1.807, 2.05) is 6.92 Å². The van der Waals surface area contributed by atoms with E-state index >= 15 is 0 Å². The smallest absolute Gasteiger partial charge is 0.332 e. The zero-order valence-corrected chi connectivity index (χ0v) is 19.3. The van der Waals surface area contributed by atoms with Gasteiger partial charge in [-0.15, -0.1) is 0 Å². The van der Waals surface area contributed by atoms with E-state index in [-0.39, 0.29) is 6.04 Å². The van der Waals surface area contributed by atoms with Crippen molar-refractivity contribution in [3.63, 3.8) is 0 Å². The molecule has 2 N–H and O–H groups in total. The van der Waals surface area contributed by atoms with Crippen molar-refractivity contribution < 1.29 is 14.3 Å². The maximum absolute atomic E-state index is 13.3. The van der Waals surface area contributed by atoms with E-state index in [9.17, 15) is 4.79 Å². The Morgan fingerprint density at radius 2 is 1.88 bits per heavy atom. The van der Waals surface area contributed by atoms with Gasteiger partial charge in [0.2, 0.25) is 5.95 Å². The van der Waals surface area contributed by atoms with Crippen molar-refractivity contribution >= 4 is 52.4 Å². The van der Waals surface area contributed by atoms with Gasteiger partial charge in [-0.05, 0) is 49.4 Å². The maximum Gasteiger partial charge on any atom is 0.332 e. The summed E-state index contributed by atoms with van der Waals surface area (Å²) < 4.78 is 10.4. The second-order valence-corrected chi connectivity index (χ2v) is 7.67. The molecule has 0 aliphatic rings. The fourth-order valence-corrected chi connectivity index (χ4v) is 3.36. The molecule has 0 bridgehead atoms. The van der Waals surface area contributed by atoms with Crippen LogP contribution in [0.5, 0.6) is 5.75 Å². The van der Waals surface area contributed by atoms with E-state index < -0.39 is 6.03 Å². The van der Waals surface area contributed by atoms with Gasteiger partial charge in [0.1, 0.15) is 11.6 Å². The summed E-state index contributed by atoms with van der Waals surface area (Å²) in [7, 11) is 3.19. The van der Waals surface area contributed by atoms with E-state index in [1.165, 1.54) is 4.90 Å². The number of rotatable bonds is 8. The summed E-state index contributed by atoms with van der Waals surface area (Å²) in [4.78, 5) is 23.5. The summed E-state index contributed by atoms with van der Waals surface area (Å²) in [5.41, 5.74) is 0.990. The summed E-state index contributed by atoms with van der Waals surface area (Å²) in [5, 5.41) is 6.75. The van der Waals surface area contributed by atoms with Crippen LogP contribution in [0.2, 0.25) is 10.0 Å². The lowest BCUT2D eigenvalue weighted by Crippen LogP contribution is -2.32. The molecule has 3 aromatic rings. The topological polar surface area (TPSA) is 88.6 Å². The summed E-state index contributed by atoms with van der Waals surface area (Å²) >= 11 is 12.2.